The largest absolute Gasteiger partial charge is 0.392 e. The fourth-order valence-electron chi connectivity index (χ4n) is 2.89. The Bertz CT molecular complexity index is 484. The van der Waals surface area contributed by atoms with E-state index in [2.05, 4.69) is 0 Å². The second-order valence-corrected chi connectivity index (χ2v) is 5.75. The molecule has 2 rings (SSSR count). The van der Waals surface area contributed by atoms with E-state index < -0.39 is 18.0 Å². The van der Waals surface area contributed by atoms with Gasteiger partial charge in [0.15, 0.2) is 0 Å². The molecule has 20 heavy (non-hydrogen) atoms. The summed E-state index contributed by atoms with van der Waals surface area (Å²) in [5, 5.41) is 0.492. The number of ketones is 1. The molecule has 2 unspecified atom stereocenters. The average Bonchev–Trinajstić information content (AvgIpc) is 2.37. The van der Waals surface area contributed by atoms with Gasteiger partial charge in [-0.25, -0.2) is 0 Å². The molecule has 0 spiro atoms. The molecular weight excluding hydrogens is 289 g/mol. The van der Waals surface area contributed by atoms with Crippen LogP contribution in [0, 0.1) is 11.8 Å². The molecule has 1 fully saturated rings. The highest BCUT2D eigenvalue weighted by atomic mass is 35.5. The van der Waals surface area contributed by atoms with Gasteiger partial charge in [0.1, 0.15) is 5.78 Å². The third-order valence-corrected chi connectivity index (χ3v) is 4.10. The quantitative estimate of drug-likeness (QED) is 0.782. The number of rotatable bonds is 3. The Balaban J connectivity index is 2.10. The fourth-order valence-corrected chi connectivity index (χ4v) is 3.10. The summed E-state index contributed by atoms with van der Waals surface area (Å²) in [7, 11) is 0. The van der Waals surface area contributed by atoms with E-state index in [-0.39, 0.29) is 18.6 Å². The number of Topliss-reactive ketones (excluding diaryl/α,β-unsaturated/α-hetero) is 1. The molecule has 0 aliphatic heterocycles. The number of benzene rings is 1. The van der Waals surface area contributed by atoms with E-state index in [0.29, 0.717) is 29.8 Å². The summed E-state index contributed by atoms with van der Waals surface area (Å²) in [6, 6.07) is 6.72. The van der Waals surface area contributed by atoms with Crippen molar-refractivity contribution in [2.45, 2.75) is 38.3 Å². The molecule has 1 nitrogen and oxygen atoms in total. The first-order chi connectivity index (χ1) is 9.38. The number of hydrogen-bond acceptors (Lipinski definition) is 1. The van der Waals surface area contributed by atoms with E-state index in [1.165, 1.54) is 0 Å². The van der Waals surface area contributed by atoms with Gasteiger partial charge in [-0.1, -0.05) is 36.6 Å². The molecule has 0 bridgehead atoms. The summed E-state index contributed by atoms with van der Waals surface area (Å²) < 4.78 is 38.9. The Hall–Kier alpha value is -1.03. The van der Waals surface area contributed by atoms with Gasteiger partial charge in [-0.05, 0) is 30.5 Å². The smallest absolute Gasteiger partial charge is 0.299 e. The van der Waals surface area contributed by atoms with Crippen LogP contribution in [-0.4, -0.2) is 12.0 Å². The molecule has 5 heteroatoms. The van der Waals surface area contributed by atoms with Crippen LogP contribution in [0.2, 0.25) is 5.02 Å². The summed E-state index contributed by atoms with van der Waals surface area (Å²) in [6.07, 6.45) is -2.62. The van der Waals surface area contributed by atoms with E-state index >= 15 is 0 Å². The maximum absolute atomic E-state index is 13.0. The van der Waals surface area contributed by atoms with Crippen molar-refractivity contribution in [2.75, 3.05) is 0 Å². The van der Waals surface area contributed by atoms with Gasteiger partial charge in [0, 0.05) is 17.4 Å². The van der Waals surface area contributed by atoms with Gasteiger partial charge in [-0.15, -0.1) is 0 Å². The molecule has 0 radical (unpaired) electrons. The molecule has 0 heterocycles. The summed E-state index contributed by atoms with van der Waals surface area (Å²) in [4.78, 5) is 12.2. The second kappa shape index (κ2) is 6.17. The van der Waals surface area contributed by atoms with Crippen molar-refractivity contribution in [3.63, 3.8) is 0 Å². The van der Waals surface area contributed by atoms with Crippen molar-refractivity contribution in [3.8, 4) is 0 Å². The lowest BCUT2D eigenvalue weighted by Gasteiger charge is -2.32. The molecule has 2 atom stereocenters. The summed E-state index contributed by atoms with van der Waals surface area (Å²) in [5.41, 5.74) is 0.675. The van der Waals surface area contributed by atoms with Gasteiger partial charge in [-0.3, -0.25) is 4.79 Å². The van der Waals surface area contributed by atoms with E-state index in [1.54, 1.807) is 24.3 Å². The number of carbonyl (C=O) groups excluding carboxylic acids is 1. The standard InChI is InChI=1S/C15H16ClF3O/c16-11-5-3-4-10(8-11)9-14(20)12-6-1-2-7-13(12)15(17,18)19/h3-5,8,12-13H,1-2,6-7,9H2. The van der Waals surface area contributed by atoms with Crippen molar-refractivity contribution < 1.29 is 18.0 Å². The van der Waals surface area contributed by atoms with Crippen molar-refractivity contribution >= 4 is 17.4 Å². The minimum absolute atomic E-state index is 0.0256. The molecule has 1 aliphatic carbocycles. The third-order valence-electron chi connectivity index (χ3n) is 3.87. The van der Waals surface area contributed by atoms with Gasteiger partial charge in [-0.2, -0.15) is 13.2 Å². The SMILES string of the molecule is O=C(Cc1cccc(Cl)c1)C1CCCCC1C(F)(F)F. The summed E-state index contributed by atoms with van der Waals surface area (Å²) in [5.74, 6) is -2.71. The molecule has 1 aliphatic rings. The Morgan fingerprint density at radius 2 is 1.95 bits per heavy atom. The zero-order valence-corrected chi connectivity index (χ0v) is 11.7. The zero-order chi connectivity index (χ0) is 14.8. The number of alkyl halides is 3. The van der Waals surface area contributed by atoms with Gasteiger partial charge in [0.25, 0.3) is 0 Å². The molecule has 1 saturated carbocycles. The first-order valence-corrected chi connectivity index (χ1v) is 7.09. The predicted molar refractivity (Wildman–Crippen MR) is 71.7 cm³/mol. The number of halogens is 4. The normalized spacial score (nSPS) is 23.6. The monoisotopic (exact) mass is 304 g/mol. The molecule has 0 aromatic heterocycles. The van der Waals surface area contributed by atoms with Crippen molar-refractivity contribution in [2.24, 2.45) is 11.8 Å². The van der Waals surface area contributed by atoms with Crippen LogP contribution < -0.4 is 0 Å². The Morgan fingerprint density at radius 3 is 2.60 bits per heavy atom. The van der Waals surface area contributed by atoms with Crippen LogP contribution in [0.25, 0.3) is 0 Å². The first kappa shape index (κ1) is 15.4. The third kappa shape index (κ3) is 3.75. The molecule has 0 N–H and O–H groups in total. The lowest BCUT2D eigenvalue weighted by Crippen LogP contribution is -2.37. The highest BCUT2D eigenvalue weighted by Gasteiger charge is 2.47. The van der Waals surface area contributed by atoms with Crippen LogP contribution in [0.1, 0.15) is 31.2 Å². The summed E-state index contributed by atoms with van der Waals surface area (Å²) in [6.45, 7) is 0. The number of carbonyl (C=O) groups is 1. The maximum atomic E-state index is 13.0. The predicted octanol–water partition coefficient (Wildman–Crippen LogP) is 4.82. The minimum Gasteiger partial charge on any atom is -0.299 e. The molecular formula is C15H16ClF3O. The highest BCUT2D eigenvalue weighted by Crippen LogP contribution is 2.42. The van der Waals surface area contributed by atoms with Gasteiger partial charge < -0.3 is 0 Å². The van der Waals surface area contributed by atoms with Crippen LogP contribution in [0.15, 0.2) is 24.3 Å². The van der Waals surface area contributed by atoms with Gasteiger partial charge in [0.05, 0.1) is 5.92 Å². The highest BCUT2D eigenvalue weighted by molar-refractivity contribution is 6.30. The van der Waals surface area contributed by atoms with Crippen molar-refractivity contribution in [1.29, 1.82) is 0 Å². The lowest BCUT2D eigenvalue weighted by molar-refractivity contribution is -0.197. The zero-order valence-electron chi connectivity index (χ0n) is 10.9. The van der Waals surface area contributed by atoms with E-state index in [0.717, 1.165) is 0 Å². The van der Waals surface area contributed by atoms with Crippen molar-refractivity contribution in [1.82, 2.24) is 0 Å². The molecule has 1 aromatic carbocycles. The molecule has 1 aromatic rings. The van der Waals surface area contributed by atoms with Gasteiger partial charge in [0.2, 0.25) is 0 Å². The van der Waals surface area contributed by atoms with Crippen LogP contribution in [-0.2, 0) is 11.2 Å². The maximum Gasteiger partial charge on any atom is 0.392 e. The van der Waals surface area contributed by atoms with Crippen LogP contribution in [0.4, 0.5) is 13.2 Å². The lowest BCUT2D eigenvalue weighted by atomic mass is 9.75. The van der Waals surface area contributed by atoms with Crippen LogP contribution >= 0.6 is 11.6 Å². The van der Waals surface area contributed by atoms with Crippen LogP contribution in [0.3, 0.4) is 0 Å². The Morgan fingerprint density at radius 1 is 1.25 bits per heavy atom. The molecule has 0 amide bonds. The average molecular weight is 305 g/mol. The van der Waals surface area contributed by atoms with Crippen molar-refractivity contribution in [3.05, 3.63) is 34.9 Å². The van der Waals surface area contributed by atoms with Crippen LogP contribution in [0.5, 0.6) is 0 Å². The Kier molecular flexibility index (Phi) is 4.74. The van der Waals surface area contributed by atoms with Gasteiger partial charge >= 0.3 is 6.18 Å². The minimum atomic E-state index is -4.28. The van der Waals surface area contributed by atoms with E-state index in [1.807, 2.05) is 0 Å². The first-order valence-electron chi connectivity index (χ1n) is 6.72. The van der Waals surface area contributed by atoms with E-state index in [9.17, 15) is 18.0 Å². The van der Waals surface area contributed by atoms with E-state index in [4.69, 9.17) is 11.6 Å². The topological polar surface area (TPSA) is 17.1 Å². The summed E-state index contributed by atoms with van der Waals surface area (Å²) >= 11 is 5.82. The second-order valence-electron chi connectivity index (χ2n) is 5.31. The Labute approximate surface area is 121 Å². The fraction of sp³-hybridized carbons (Fsp3) is 0.533. The molecule has 110 valence electrons. The molecule has 0 saturated heterocycles. The number of hydrogen-bond donors (Lipinski definition) is 0.